The number of carbonyl (C=O) groups is 1. The topological polar surface area (TPSA) is 62.2 Å². The number of carboxylic acids is 1. The molecule has 1 aromatic carbocycles. The molecule has 100 valence electrons. The van der Waals surface area contributed by atoms with Crippen molar-refractivity contribution in [1.82, 2.24) is 4.98 Å². The molecule has 4 nitrogen and oxygen atoms in total. The summed E-state index contributed by atoms with van der Waals surface area (Å²) in [6.45, 7) is 0. The van der Waals surface area contributed by atoms with Gasteiger partial charge in [-0.25, -0.2) is 4.98 Å². The third-order valence-corrected chi connectivity index (χ3v) is 3.98. The van der Waals surface area contributed by atoms with Crippen LogP contribution in [0, 0.1) is 0 Å². The summed E-state index contributed by atoms with van der Waals surface area (Å²) < 4.78 is 0. The van der Waals surface area contributed by atoms with Crippen LogP contribution in [0.4, 0.5) is 10.8 Å². The molecule has 2 N–H and O–H groups in total. The zero-order chi connectivity index (χ0) is 14.0. The zero-order valence-corrected chi connectivity index (χ0v) is 12.4. The SMILES string of the molecule is O=C(O)Cc1csc(Nc2cc(Cl)c(Cl)cc2Cl)n1. The first-order valence-corrected chi connectivity index (χ1v) is 7.05. The fraction of sp³-hybridized carbons (Fsp3) is 0.0909. The number of benzene rings is 1. The first kappa shape index (κ1) is 14.4. The van der Waals surface area contributed by atoms with Gasteiger partial charge in [-0.15, -0.1) is 11.3 Å². The first-order valence-electron chi connectivity index (χ1n) is 5.03. The van der Waals surface area contributed by atoms with Crippen LogP contribution in [-0.2, 0) is 11.2 Å². The van der Waals surface area contributed by atoms with Crippen molar-refractivity contribution in [2.75, 3.05) is 5.32 Å². The van der Waals surface area contributed by atoms with E-state index in [9.17, 15) is 4.79 Å². The number of anilines is 2. The van der Waals surface area contributed by atoms with E-state index in [4.69, 9.17) is 39.9 Å². The highest BCUT2D eigenvalue weighted by Crippen LogP contribution is 2.34. The van der Waals surface area contributed by atoms with E-state index in [0.29, 0.717) is 31.6 Å². The second kappa shape index (κ2) is 5.96. The maximum Gasteiger partial charge on any atom is 0.309 e. The fourth-order valence-electron chi connectivity index (χ4n) is 1.33. The highest BCUT2D eigenvalue weighted by molar-refractivity contribution is 7.13. The molecule has 0 amide bonds. The molecule has 1 aromatic heterocycles. The second-order valence-electron chi connectivity index (χ2n) is 3.59. The largest absolute Gasteiger partial charge is 0.481 e. The lowest BCUT2D eigenvalue weighted by atomic mass is 10.3. The molecule has 0 fully saturated rings. The number of aromatic nitrogens is 1. The van der Waals surface area contributed by atoms with E-state index in [2.05, 4.69) is 10.3 Å². The lowest BCUT2D eigenvalue weighted by molar-refractivity contribution is -0.136. The van der Waals surface area contributed by atoms with Crippen LogP contribution < -0.4 is 5.32 Å². The normalized spacial score (nSPS) is 10.5. The molecule has 0 spiro atoms. The van der Waals surface area contributed by atoms with Gasteiger partial charge in [0, 0.05) is 5.38 Å². The number of nitrogens with one attached hydrogen (secondary N) is 1. The van der Waals surface area contributed by atoms with Crippen LogP contribution in [-0.4, -0.2) is 16.1 Å². The van der Waals surface area contributed by atoms with Crippen molar-refractivity contribution in [3.05, 3.63) is 38.3 Å². The first-order chi connectivity index (χ1) is 8.95. The van der Waals surface area contributed by atoms with Crippen molar-refractivity contribution in [3.63, 3.8) is 0 Å². The van der Waals surface area contributed by atoms with Crippen molar-refractivity contribution in [2.24, 2.45) is 0 Å². The van der Waals surface area contributed by atoms with Gasteiger partial charge in [0.1, 0.15) is 0 Å². The number of thiazole rings is 1. The van der Waals surface area contributed by atoms with Crippen molar-refractivity contribution in [3.8, 4) is 0 Å². The number of rotatable bonds is 4. The van der Waals surface area contributed by atoms with Crippen molar-refractivity contribution < 1.29 is 9.90 Å². The molecule has 0 unspecified atom stereocenters. The summed E-state index contributed by atoms with van der Waals surface area (Å²) in [7, 11) is 0. The van der Waals surface area contributed by atoms with Crippen LogP contribution in [0.25, 0.3) is 0 Å². The monoisotopic (exact) mass is 336 g/mol. The van der Waals surface area contributed by atoms with Gasteiger partial charge in [-0.1, -0.05) is 34.8 Å². The molecule has 0 aliphatic rings. The maximum atomic E-state index is 10.6. The standard InChI is InChI=1S/C11H7Cl3N2O2S/c12-6-2-8(14)9(3-7(6)13)16-11-15-5(4-19-11)1-10(17)18/h2-4H,1H2,(H,15,16)(H,17,18). The summed E-state index contributed by atoms with van der Waals surface area (Å²) in [5.41, 5.74) is 1.04. The second-order valence-corrected chi connectivity index (χ2v) is 5.67. The van der Waals surface area contributed by atoms with Gasteiger partial charge >= 0.3 is 5.97 Å². The van der Waals surface area contributed by atoms with E-state index in [1.807, 2.05) is 0 Å². The third kappa shape index (κ3) is 3.73. The Hall–Kier alpha value is -1.01. The molecule has 0 radical (unpaired) electrons. The summed E-state index contributed by atoms with van der Waals surface area (Å²) in [4.78, 5) is 14.7. The predicted molar refractivity (Wildman–Crippen MR) is 78.2 cm³/mol. The molecule has 19 heavy (non-hydrogen) atoms. The van der Waals surface area contributed by atoms with Gasteiger partial charge < -0.3 is 10.4 Å². The summed E-state index contributed by atoms with van der Waals surface area (Å²) in [6, 6.07) is 3.12. The highest BCUT2D eigenvalue weighted by Gasteiger charge is 2.10. The van der Waals surface area contributed by atoms with Crippen LogP contribution >= 0.6 is 46.1 Å². The maximum absolute atomic E-state index is 10.6. The van der Waals surface area contributed by atoms with E-state index >= 15 is 0 Å². The molecular weight excluding hydrogens is 331 g/mol. The summed E-state index contributed by atoms with van der Waals surface area (Å²) in [5, 5.41) is 15.0. The Kier molecular flexibility index (Phi) is 4.52. The summed E-state index contributed by atoms with van der Waals surface area (Å²) in [6.07, 6.45) is -0.118. The minimum Gasteiger partial charge on any atom is -0.481 e. The van der Waals surface area contributed by atoms with Gasteiger partial charge in [0.2, 0.25) is 0 Å². The molecule has 8 heteroatoms. The van der Waals surface area contributed by atoms with Crippen molar-refractivity contribution in [1.29, 1.82) is 0 Å². The van der Waals surface area contributed by atoms with E-state index in [1.54, 1.807) is 11.4 Å². The van der Waals surface area contributed by atoms with Gasteiger partial charge in [-0.2, -0.15) is 0 Å². The molecule has 0 aliphatic carbocycles. The van der Waals surface area contributed by atoms with Crippen molar-refractivity contribution >= 4 is 62.9 Å². The third-order valence-electron chi connectivity index (χ3n) is 2.14. The van der Waals surface area contributed by atoms with Gasteiger partial charge in [0.05, 0.1) is 32.9 Å². The van der Waals surface area contributed by atoms with Crippen molar-refractivity contribution in [2.45, 2.75) is 6.42 Å². The number of nitrogens with zero attached hydrogens (tertiary/aromatic N) is 1. The minimum absolute atomic E-state index is 0.118. The fourth-order valence-corrected chi connectivity index (χ4v) is 2.65. The van der Waals surface area contributed by atoms with Crippen LogP contribution in [0.5, 0.6) is 0 Å². The highest BCUT2D eigenvalue weighted by atomic mass is 35.5. The number of hydrogen-bond donors (Lipinski definition) is 2. The Morgan fingerprint density at radius 1 is 1.26 bits per heavy atom. The van der Waals surface area contributed by atoms with Crippen LogP contribution in [0.3, 0.4) is 0 Å². The molecule has 2 aromatic rings. The average molecular weight is 338 g/mol. The van der Waals surface area contributed by atoms with E-state index in [1.165, 1.54) is 17.4 Å². The molecule has 1 heterocycles. The van der Waals surface area contributed by atoms with Gasteiger partial charge in [0.25, 0.3) is 0 Å². The Labute approximate surface area is 127 Å². The van der Waals surface area contributed by atoms with Crippen LogP contribution in [0.1, 0.15) is 5.69 Å². The molecule has 2 rings (SSSR count). The van der Waals surface area contributed by atoms with E-state index < -0.39 is 5.97 Å². The minimum atomic E-state index is -0.926. The van der Waals surface area contributed by atoms with Gasteiger partial charge in [-0.05, 0) is 12.1 Å². The van der Waals surface area contributed by atoms with E-state index in [-0.39, 0.29) is 6.42 Å². The number of hydrogen-bond acceptors (Lipinski definition) is 4. The lowest BCUT2D eigenvalue weighted by Crippen LogP contribution is -2.00. The van der Waals surface area contributed by atoms with Gasteiger partial charge in [-0.3, -0.25) is 4.79 Å². The molecule has 0 aliphatic heterocycles. The molecule has 0 bridgehead atoms. The Balaban J connectivity index is 2.19. The smallest absolute Gasteiger partial charge is 0.309 e. The molecule has 0 saturated carbocycles. The molecular formula is C11H7Cl3N2O2S. The van der Waals surface area contributed by atoms with Crippen LogP contribution in [0.15, 0.2) is 17.5 Å². The number of halogens is 3. The summed E-state index contributed by atoms with van der Waals surface area (Å²) in [5.74, 6) is -0.926. The zero-order valence-electron chi connectivity index (χ0n) is 9.28. The number of aliphatic carboxylic acids is 1. The van der Waals surface area contributed by atoms with Gasteiger partial charge in [0.15, 0.2) is 5.13 Å². The summed E-state index contributed by atoms with van der Waals surface area (Å²) >= 11 is 19.0. The Morgan fingerprint density at radius 2 is 1.95 bits per heavy atom. The average Bonchev–Trinajstić information content (AvgIpc) is 2.72. The quantitative estimate of drug-likeness (QED) is 0.808. The number of carboxylic acid groups (broad SMARTS) is 1. The molecule has 0 saturated heterocycles. The van der Waals surface area contributed by atoms with Crippen LogP contribution in [0.2, 0.25) is 15.1 Å². The lowest BCUT2D eigenvalue weighted by Gasteiger charge is -2.06. The predicted octanol–water partition coefficient (Wildman–Crippen LogP) is 4.47. The van der Waals surface area contributed by atoms with E-state index in [0.717, 1.165) is 0 Å². The Morgan fingerprint density at radius 3 is 2.63 bits per heavy atom. The molecule has 0 atom stereocenters. The Bertz CT molecular complexity index is 630.